The molecule has 0 heterocycles. The molecule has 2 aromatic carbocycles. The van der Waals surface area contributed by atoms with Crippen molar-refractivity contribution in [3.8, 4) is 5.75 Å². The first-order valence-electron chi connectivity index (χ1n) is 7.22. The number of ether oxygens (including phenoxy) is 1. The van der Waals surface area contributed by atoms with E-state index in [9.17, 15) is 0 Å². The Balaban J connectivity index is 1.97. The molecule has 0 spiro atoms. The van der Waals surface area contributed by atoms with E-state index in [1.165, 1.54) is 16.7 Å². The summed E-state index contributed by atoms with van der Waals surface area (Å²) in [6.45, 7) is 5.87. The van der Waals surface area contributed by atoms with Gasteiger partial charge in [0.1, 0.15) is 12.4 Å². The quantitative estimate of drug-likeness (QED) is 0.820. The summed E-state index contributed by atoms with van der Waals surface area (Å²) in [6.07, 6.45) is 0. The van der Waals surface area contributed by atoms with Crippen LogP contribution in [0.15, 0.2) is 46.9 Å². The third-order valence-corrected chi connectivity index (χ3v) is 4.16. The molecule has 2 aromatic rings. The number of likely N-dealkylation sites (N-methyl/N-ethyl adjacent to an activating group) is 1. The average Bonchev–Trinajstić information content (AvgIpc) is 2.47. The maximum atomic E-state index is 5.87. The highest BCUT2D eigenvalue weighted by Gasteiger charge is 2.05. The van der Waals surface area contributed by atoms with Gasteiger partial charge in [-0.2, -0.15) is 0 Å². The maximum Gasteiger partial charge on any atom is 0.134 e. The number of aryl methyl sites for hydroxylation is 1. The molecule has 21 heavy (non-hydrogen) atoms. The molecule has 112 valence electrons. The van der Waals surface area contributed by atoms with Gasteiger partial charge in [0, 0.05) is 6.54 Å². The fraction of sp³-hybridized carbons (Fsp3) is 0.333. The van der Waals surface area contributed by atoms with Crippen molar-refractivity contribution in [1.82, 2.24) is 5.32 Å². The van der Waals surface area contributed by atoms with Crippen LogP contribution in [0.1, 0.15) is 29.5 Å². The highest BCUT2D eigenvalue weighted by molar-refractivity contribution is 9.10. The number of nitrogens with one attached hydrogen (secondary N) is 1. The van der Waals surface area contributed by atoms with E-state index in [1.54, 1.807) is 0 Å². The molecule has 1 atom stereocenters. The molecular weight excluding hydrogens is 326 g/mol. The summed E-state index contributed by atoms with van der Waals surface area (Å²) in [7, 11) is 1.98. The molecule has 0 amide bonds. The molecule has 0 aliphatic rings. The number of halogens is 1. The summed E-state index contributed by atoms with van der Waals surface area (Å²) in [4.78, 5) is 0. The van der Waals surface area contributed by atoms with Crippen molar-refractivity contribution in [2.45, 2.75) is 26.4 Å². The highest BCUT2D eigenvalue weighted by atomic mass is 79.9. The van der Waals surface area contributed by atoms with Crippen LogP contribution in [0.25, 0.3) is 0 Å². The van der Waals surface area contributed by atoms with Crippen LogP contribution in [-0.4, -0.2) is 13.6 Å². The van der Waals surface area contributed by atoms with Gasteiger partial charge >= 0.3 is 0 Å². The van der Waals surface area contributed by atoms with Gasteiger partial charge in [-0.1, -0.05) is 37.3 Å². The molecule has 0 saturated carbocycles. The zero-order chi connectivity index (χ0) is 15.2. The Hall–Kier alpha value is -1.32. The average molecular weight is 348 g/mol. The lowest BCUT2D eigenvalue weighted by atomic mass is 10.00. The Bertz CT molecular complexity index is 580. The van der Waals surface area contributed by atoms with Gasteiger partial charge in [0.2, 0.25) is 0 Å². The Labute approximate surface area is 135 Å². The van der Waals surface area contributed by atoms with E-state index in [0.29, 0.717) is 12.5 Å². The van der Waals surface area contributed by atoms with Crippen LogP contribution in [0.2, 0.25) is 0 Å². The molecule has 0 saturated heterocycles. The van der Waals surface area contributed by atoms with Gasteiger partial charge in [-0.15, -0.1) is 0 Å². The van der Waals surface area contributed by atoms with Gasteiger partial charge in [0.05, 0.1) is 4.47 Å². The fourth-order valence-corrected chi connectivity index (χ4v) is 2.86. The second-order valence-electron chi connectivity index (χ2n) is 5.42. The minimum atomic E-state index is 0.524. The monoisotopic (exact) mass is 347 g/mol. The van der Waals surface area contributed by atoms with Crippen LogP contribution in [0, 0.1) is 6.92 Å². The van der Waals surface area contributed by atoms with Crippen LogP contribution in [0.4, 0.5) is 0 Å². The molecule has 0 fully saturated rings. The Morgan fingerprint density at radius 2 is 1.86 bits per heavy atom. The van der Waals surface area contributed by atoms with Crippen LogP contribution >= 0.6 is 15.9 Å². The number of hydrogen-bond acceptors (Lipinski definition) is 2. The van der Waals surface area contributed by atoms with Crippen molar-refractivity contribution in [3.05, 3.63) is 63.6 Å². The molecular formula is C18H22BrNO. The SMILES string of the molecule is CNCC(C)c1ccc(COc2ccc(C)cc2Br)cc1. The first kappa shape index (κ1) is 16.1. The zero-order valence-electron chi connectivity index (χ0n) is 12.8. The Morgan fingerprint density at radius 1 is 1.14 bits per heavy atom. The summed E-state index contributed by atoms with van der Waals surface area (Å²) in [5.74, 6) is 1.41. The largest absolute Gasteiger partial charge is 0.488 e. The van der Waals surface area contributed by atoms with Crippen molar-refractivity contribution in [2.75, 3.05) is 13.6 Å². The molecule has 3 heteroatoms. The van der Waals surface area contributed by atoms with Crippen molar-refractivity contribution < 1.29 is 4.74 Å². The van der Waals surface area contributed by atoms with Gasteiger partial charge in [-0.3, -0.25) is 0 Å². The number of rotatable bonds is 6. The third kappa shape index (κ3) is 4.58. The molecule has 2 nitrogen and oxygen atoms in total. The topological polar surface area (TPSA) is 21.3 Å². The molecule has 2 rings (SSSR count). The summed E-state index contributed by atoms with van der Waals surface area (Å²) in [5.41, 5.74) is 3.75. The zero-order valence-corrected chi connectivity index (χ0v) is 14.4. The van der Waals surface area contributed by atoms with E-state index in [4.69, 9.17) is 4.74 Å². The van der Waals surface area contributed by atoms with Crippen molar-refractivity contribution >= 4 is 15.9 Å². The molecule has 0 aromatic heterocycles. The minimum absolute atomic E-state index is 0.524. The normalized spacial score (nSPS) is 12.2. The van der Waals surface area contributed by atoms with E-state index < -0.39 is 0 Å². The molecule has 1 unspecified atom stereocenters. The predicted molar refractivity (Wildman–Crippen MR) is 92.0 cm³/mol. The van der Waals surface area contributed by atoms with Crippen LogP contribution < -0.4 is 10.1 Å². The molecule has 1 N–H and O–H groups in total. The second-order valence-corrected chi connectivity index (χ2v) is 6.28. The minimum Gasteiger partial charge on any atom is -0.488 e. The lowest BCUT2D eigenvalue weighted by Crippen LogP contribution is -2.14. The Morgan fingerprint density at radius 3 is 2.48 bits per heavy atom. The molecule has 0 aliphatic heterocycles. The van der Waals surface area contributed by atoms with Crippen LogP contribution in [-0.2, 0) is 6.61 Å². The number of hydrogen-bond donors (Lipinski definition) is 1. The molecule has 0 aliphatic carbocycles. The lowest BCUT2D eigenvalue weighted by Gasteiger charge is -2.12. The van der Waals surface area contributed by atoms with Crippen LogP contribution in [0.3, 0.4) is 0 Å². The molecule has 0 bridgehead atoms. The smallest absolute Gasteiger partial charge is 0.134 e. The first-order chi connectivity index (χ1) is 10.1. The van der Waals surface area contributed by atoms with E-state index in [0.717, 1.165) is 16.8 Å². The van der Waals surface area contributed by atoms with E-state index >= 15 is 0 Å². The van der Waals surface area contributed by atoms with E-state index in [-0.39, 0.29) is 0 Å². The first-order valence-corrected chi connectivity index (χ1v) is 8.02. The molecule has 0 radical (unpaired) electrons. The van der Waals surface area contributed by atoms with E-state index in [2.05, 4.69) is 71.5 Å². The van der Waals surface area contributed by atoms with Gasteiger partial charge in [0.25, 0.3) is 0 Å². The maximum absolute atomic E-state index is 5.87. The van der Waals surface area contributed by atoms with Gasteiger partial charge in [-0.05, 0) is 64.6 Å². The Kier molecular flexibility index (Phi) is 5.83. The standard InChI is InChI=1S/C18H22BrNO/c1-13-4-9-18(17(19)10-13)21-12-15-5-7-16(8-6-15)14(2)11-20-3/h4-10,14,20H,11-12H2,1-3H3. The van der Waals surface area contributed by atoms with Crippen LogP contribution in [0.5, 0.6) is 5.75 Å². The summed E-state index contributed by atoms with van der Waals surface area (Å²) in [6, 6.07) is 14.8. The lowest BCUT2D eigenvalue weighted by molar-refractivity contribution is 0.304. The number of benzene rings is 2. The van der Waals surface area contributed by atoms with E-state index in [1.807, 2.05) is 13.1 Å². The predicted octanol–water partition coefficient (Wildman–Crippen LogP) is 4.66. The van der Waals surface area contributed by atoms with Crippen molar-refractivity contribution in [1.29, 1.82) is 0 Å². The van der Waals surface area contributed by atoms with Gasteiger partial charge in [0.15, 0.2) is 0 Å². The third-order valence-electron chi connectivity index (χ3n) is 3.54. The van der Waals surface area contributed by atoms with Gasteiger partial charge in [-0.25, -0.2) is 0 Å². The van der Waals surface area contributed by atoms with Crippen molar-refractivity contribution in [2.24, 2.45) is 0 Å². The summed E-state index contributed by atoms with van der Waals surface area (Å²) in [5, 5.41) is 3.21. The van der Waals surface area contributed by atoms with Gasteiger partial charge < -0.3 is 10.1 Å². The fourth-order valence-electron chi connectivity index (χ4n) is 2.25. The summed E-state index contributed by atoms with van der Waals surface area (Å²) < 4.78 is 6.87. The second kappa shape index (κ2) is 7.62. The highest BCUT2D eigenvalue weighted by Crippen LogP contribution is 2.26. The summed E-state index contributed by atoms with van der Waals surface area (Å²) >= 11 is 3.54. The van der Waals surface area contributed by atoms with Crippen molar-refractivity contribution in [3.63, 3.8) is 0 Å².